The lowest BCUT2D eigenvalue weighted by Crippen LogP contribution is -1.99. The first-order valence-electron chi connectivity index (χ1n) is 6.63. The molecule has 0 atom stereocenters. The maximum Gasteiger partial charge on any atom is 0.300 e. The Labute approximate surface area is 130 Å². The predicted octanol–water partition coefficient (Wildman–Crippen LogP) is 4.50. The highest BCUT2D eigenvalue weighted by atomic mass is 35.5. The highest BCUT2D eigenvalue weighted by Gasteiger charge is 2.15. The second-order valence-corrected chi connectivity index (χ2v) is 5.30. The molecular formula is C16H12ClFN2O2. The Morgan fingerprint density at radius 3 is 2.82 bits per heavy atom. The molecule has 0 radical (unpaired) electrons. The summed E-state index contributed by atoms with van der Waals surface area (Å²) in [6.07, 6.45) is 0.0236. The van der Waals surface area contributed by atoms with Gasteiger partial charge in [-0.15, -0.1) is 0 Å². The third-order valence-corrected chi connectivity index (χ3v) is 3.46. The summed E-state index contributed by atoms with van der Waals surface area (Å²) in [4.78, 5) is 15.3. The number of halogens is 2. The smallest absolute Gasteiger partial charge is 0.300 e. The van der Waals surface area contributed by atoms with E-state index in [1.807, 2.05) is 6.07 Å². The molecule has 0 saturated carbocycles. The van der Waals surface area contributed by atoms with Gasteiger partial charge in [0.25, 0.3) is 6.01 Å². The van der Waals surface area contributed by atoms with Gasteiger partial charge in [-0.25, -0.2) is 4.39 Å². The molecule has 1 aromatic heterocycles. The van der Waals surface area contributed by atoms with E-state index in [2.05, 4.69) is 10.3 Å². The fraction of sp³-hybridized carbons (Fsp3) is 0.125. The molecule has 3 aromatic rings. The number of carbonyl (C=O) groups is 1. The number of anilines is 2. The topological polar surface area (TPSA) is 55.1 Å². The Hall–Kier alpha value is -2.40. The Kier molecular flexibility index (Phi) is 3.81. The SMILES string of the molecule is CC(=O)Cc1ccc2nc(Nc3ccccc3Cl)oc2c1F. The highest BCUT2D eigenvalue weighted by Crippen LogP contribution is 2.29. The first-order chi connectivity index (χ1) is 10.5. The van der Waals surface area contributed by atoms with Crippen LogP contribution < -0.4 is 5.32 Å². The van der Waals surface area contributed by atoms with E-state index in [1.54, 1.807) is 30.3 Å². The van der Waals surface area contributed by atoms with Crippen molar-refractivity contribution >= 4 is 40.2 Å². The molecule has 1 heterocycles. The molecule has 0 fully saturated rings. The van der Waals surface area contributed by atoms with Crippen molar-refractivity contribution in [3.8, 4) is 0 Å². The molecule has 112 valence electrons. The Balaban J connectivity index is 1.98. The number of carbonyl (C=O) groups excluding carboxylic acids is 1. The van der Waals surface area contributed by atoms with Gasteiger partial charge in [-0.05, 0) is 30.7 Å². The first-order valence-corrected chi connectivity index (χ1v) is 7.01. The molecule has 0 saturated heterocycles. The lowest BCUT2D eigenvalue weighted by molar-refractivity contribution is -0.116. The molecule has 0 bridgehead atoms. The van der Waals surface area contributed by atoms with Crippen molar-refractivity contribution in [3.05, 3.63) is 52.8 Å². The summed E-state index contributed by atoms with van der Waals surface area (Å²) in [7, 11) is 0. The van der Waals surface area contributed by atoms with Gasteiger partial charge in [0.15, 0.2) is 11.4 Å². The quantitative estimate of drug-likeness (QED) is 0.769. The molecule has 6 heteroatoms. The van der Waals surface area contributed by atoms with Crippen molar-refractivity contribution in [1.29, 1.82) is 0 Å². The van der Waals surface area contributed by atoms with Crippen LogP contribution in [0.1, 0.15) is 12.5 Å². The van der Waals surface area contributed by atoms with Gasteiger partial charge in [0.05, 0.1) is 10.7 Å². The van der Waals surface area contributed by atoms with Crippen LogP contribution in [0.2, 0.25) is 5.02 Å². The third-order valence-electron chi connectivity index (χ3n) is 3.13. The van der Waals surface area contributed by atoms with Gasteiger partial charge in [-0.3, -0.25) is 4.79 Å². The van der Waals surface area contributed by atoms with Crippen LogP contribution in [0.4, 0.5) is 16.1 Å². The number of ketones is 1. The Morgan fingerprint density at radius 2 is 2.09 bits per heavy atom. The number of benzene rings is 2. The maximum absolute atomic E-state index is 14.3. The molecule has 0 amide bonds. The fourth-order valence-corrected chi connectivity index (χ4v) is 2.32. The minimum atomic E-state index is -0.563. The Bertz CT molecular complexity index is 860. The van der Waals surface area contributed by atoms with Crippen LogP contribution in [0.3, 0.4) is 0 Å². The maximum atomic E-state index is 14.3. The standard InChI is InChI=1S/C16H12ClFN2O2/c1-9(21)8-10-6-7-13-15(14(10)18)22-16(20-13)19-12-5-3-2-4-11(12)17/h2-7H,8H2,1H3,(H,19,20). The summed E-state index contributed by atoms with van der Waals surface area (Å²) < 4.78 is 19.7. The molecule has 4 nitrogen and oxygen atoms in total. The summed E-state index contributed by atoms with van der Waals surface area (Å²) in [5.74, 6) is -0.681. The van der Waals surface area contributed by atoms with Crippen LogP contribution in [-0.4, -0.2) is 10.8 Å². The van der Waals surface area contributed by atoms with Crippen molar-refractivity contribution in [2.24, 2.45) is 0 Å². The number of aromatic nitrogens is 1. The zero-order chi connectivity index (χ0) is 15.7. The van der Waals surface area contributed by atoms with Crippen LogP contribution in [0.25, 0.3) is 11.1 Å². The average Bonchev–Trinajstić information content (AvgIpc) is 2.88. The molecule has 0 aliphatic carbocycles. The van der Waals surface area contributed by atoms with E-state index in [9.17, 15) is 9.18 Å². The van der Waals surface area contributed by atoms with Crippen LogP contribution in [0.15, 0.2) is 40.8 Å². The third kappa shape index (κ3) is 2.80. The largest absolute Gasteiger partial charge is 0.420 e. The van der Waals surface area contributed by atoms with Gasteiger partial charge in [-0.1, -0.05) is 29.8 Å². The van der Waals surface area contributed by atoms with Crippen LogP contribution in [-0.2, 0) is 11.2 Å². The van der Waals surface area contributed by atoms with Gasteiger partial charge in [0, 0.05) is 6.42 Å². The van der Waals surface area contributed by atoms with Gasteiger partial charge in [0.2, 0.25) is 0 Å². The number of para-hydroxylation sites is 1. The molecule has 0 aliphatic heterocycles. The van der Waals surface area contributed by atoms with E-state index in [-0.39, 0.29) is 23.8 Å². The minimum absolute atomic E-state index is 0.0216. The van der Waals surface area contributed by atoms with Gasteiger partial charge in [-0.2, -0.15) is 4.98 Å². The van der Waals surface area contributed by atoms with E-state index in [1.165, 1.54) is 6.92 Å². The summed E-state index contributed by atoms with van der Waals surface area (Å²) in [5.41, 5.74) is 1.30. The lowest BCUT2D eigenvalue weighted by Gasteiger charge is -2.02. The van der Waals surface area contributed by atoms with E-state index < -0.39 is 5.82 Å². The zero-order valence-electron chi connectivity index (χ0n) is 11.7. The van der Waals surface area contributed by atoms with E-state index in [0.717, 1.165) is 0 Å². The predicted molar refractivity (Wildman–Crippen MR) is 83.1 cm³/mol. The molecule has 1 N–H and O–H groups in total. The summed E-state index contributed by atoms with van der Waals surface area (Å²) >= 11 is 6.04. The van der Waals surface area contributed by atoms with E-state index in [0.29, 0.717) is 21.8 Å². The number of hydrogen-bond acceptors (Lipinski definition) is 4. The number of Topliss-reactive ketones (excluding diaryl/α,β-unsaturated/α-hetero) is 1. The number of nitrogens with zero attached hydrogens (tertiary/aromatic N) is 1. The fourth-order valence-electron chi connectivity index (χ4n) is 2.14. The number of hydrogen-bond donors (Lipinski definition) is 1. The first kappa shape index (κ1) is 14.5. The Morgan fingerprint density at radius 1 is 1.32 bits per heavy atom. The molecular weight excluding hydrogens is 307 g/mol. The number of rotatable bonds is 4. The van der Waals surface area contributed by atoms with Gasteiger partial charge in [0.1, 0.15) is 11.3 Å². The van der Waals surface area contributed by atoms with Crippen molar-refractivity contribution in [2.75, 3.05) is 5.32 Å². The highest BCUT2D eigenvalue weighted by molar-refractivity contribution is 6.33. The molecule has 22 heavy (non-hydrogen) atoms. The molecule has 0 spiro atoms. The van der Waals surface area contributed by atoms with Gasteiger partial charge < -0.3 is 9.73 Å². The minimum Gasteiger partial charge on any atom is -0.420 e. The average molecular weight is 319 g/mol. The lowest BCUT2D eigenvalue weighted by atomic mass is 10.1. The van der Waals surface area contributed by atoms with Gasteiger partial charge >= 0.3 is 0 Å². The molecule has 0 unspecified atom stereocenters. The summed E-state index contributed by atoms with van der Waals surface area (Å²) in [5, 5.41) is 3.41. The number of nitrogens with one attached hydrogen (secondary N) is 1. The normalized spacial score (nSPS) is 10.9. The van der Waals surface area contributed by atoms with E-state index in [4.69, 9.17) is 16.0 Å². The van der Waals surface area contributed by atoms with Crippen molar-refractivity contribution in [1.82, 2.24) is 4.98 Å². The summed E-state index contributed by atoms with van der Waals surface area (Å²) in [6, 6.07) is 10.4. The second-order valence-electron chi connectivity index (χ2n) is 4.89. The zero-order valence-corrected chi connectivity index (χ0v) is 12.4. The monoisotopic (exact) mass is 318 g/mol. The van der Waals surface area contributed by atoms with E-state index >= 15 is 0 Å². The van der Waals surface area contributed by atoms with Crippen molar-refractivity contribution < 1.29 is 13.6 Å². The van der Waals surface area contributed by atoms with Crippen molar-refractivity contribution in [2.45, 2.75) is 13.3 Å². The van der Waals surface area contributed by atoms with Crippen LogP contribution in [0, 0.1) is 5.82 Å². The van der Waals surface area contributed by atoms with Crippen LogP contribution in [0.5, 0.6) is 0 Å². The molecule has 2 aromatic carbocycles. The molecule has 3 rings (SSSR count). The second kappa shape index (κ2) is 5.77. The number of fused-ring (bicyclic) bond motifs is 1. The summed E-state index contributed by atoms with van der Waals surface area (Å²) in [6.45, 7) is 1.41. The number of oxazole rings is 1. The molecule has 0 aliphatic rings. The van der Waals surface area contributed by atoms with Crippen molar-refractivity contribution in [3.63, 3.8) is 0 Å². The van der Waals surface area contributed by atoms with Crippen LogP contribution >= 0.6 is 11.6 Å².